The van der Waals surface area contributed by atoms with Crippen molar-refractivity contribution < 1.29 is 24.2 Å². The van der Waals surface area contributed by atoms with Crippen LogP contribution in [0.25, 0.3) is 0 Å². The van der Waals surface area contributed by atoms with Gasteiger partial charge < -0.3 is 19.9 Å². The van der Waals surface area contributed by atoms with Crippen molar-refractivity contribution in [1.29, 1.82) is 0 Å². The molecule has 3 rings (SSSR count). The summed E-state index contributed by atoms with van der Waals surface area (Å²) in [7, 11) is 0. The highest BCUT2D eigenvalue weighted by Crippen LogP contribution is 2.44. The van der Waals surface area contributed by atoms with E-state index in [4.69, 9.17) is 9.47 Å². The number of carboxylic acid groups (broad SMARTS) is 1. The zero-order valence-electron chi connectivity index (χ0n) is 15.3. The maximum atomic E-state index is 12.2. The molecule has 142 valence electrons. The maximum Gasteiger partial charge on any atom is 0.310 e. The summed E-state index contributed by atoms with van der Waals surface area (Å²) in [6, 6.07) is 5.88. The predicted molar refractivity (Wildman–Crippen MR) is 96.0 cm³/mol. The van der Waals surface area contributed by atoms with Gasteiger partial charge in [-0.2, -0.15) is 0 Å². The molecule has 1 aromatic carbocycles. The monoisotopic (exact) mass is 361 g/mol. The molecule has 2 N–H and O–H groups in total. The minimum atomic E-state index is -0.866. The number of rotatable bonds is 8. The first-order chi connectivity index (χ1) is 12.5. The van der Waals surface area contributed by atoms with Gasteiger partial charge in [-0.1, -0.05) is 18.6 Å². The number of carbonyl (C=O) groups is 2. The Balaban J connectivity index is 1.56. The summed E-state index contributed by atoms with van der Waals surface area (Å²) in [5.41, 5.74) is 1.11. The summed E-state index contributed by atoms with van der Waals surface area (Å²) in [6.07, 6.45) is 4.28. The molecule has 1 aliphatic carbocycles. The van der Waals surface area contributed by atoms with Crippen LogP contribution in [0.4, 0.5) is 0 Å². The summed E-state index contributed by atoms with van der Waals surface area (Å²) in [5.74, 6) is -0.343. The third-order valence-corrected chi connectivity index (χ3v) is 5.41. The quantitative estimate of drug-likeness (QED) is 0.744. The highest BCUT2D eigenvalue weighted by Gasteiger charge is 2.45. The van der Waals surface area contributed by atoms with Crippen LogP contribution in [-0.2, 0) is 20.9 Å². The number of ether oxygens (including phenoxy) is 2. The topological polar surface area (TPSA) is 84.9 Å². The van der Waals surface area contributed by atoms with Crippen molar-refractivity contribution in [3.63, 3.8) is 0 Å². The SMILES string of the molecule is Cc1ccc(CNC(=O)CC2(C(=O)O)CCC2)c(OCC2CCCO2)c1. The Kier molecular flexibility index (Phi) is 5.81. The lowest BCUT2D eigenvalue weighted by Gasteiger charge is -2.36. The van der Waals surface area contributed by atoms with E-state index in [-0.39, 0.29) is 18.4 Å². The first-order valence-corrected chi connectivity index (χ1v) is 9.32. The second-order valence-corrected chi connectivity index (χ2v) is 7.45. The van der Waals surface area contributed by atoms with Crippen molar-refractivity contribution in [1.82, 2.24) is 5.32 Å². The average Bonchev–Trinajstić information content (AvgIpc) is 3.08. The number of carboxylic acids is 1. The van der Waals surface area contributed by atoms with Crippen molar-refractivity contribution in [2.45, 2.75) is 58.1 Å². The van der Waals surface area contributed by atoms with Crippen LogP contribution in [0.2, 0.25) is 0 Å². The molecule has 0 spiro atoms. The third kappa shape index (κ3) is 4.36. The molecule has 0 aromatic heterocycles. The Hall–Kier alpha value is -2.08. The molecule has 1 heterocycles. The average molecular weight is 361 g/mol. The molecule has 0 bridgehead atoms. The zero-order valence-corrected chi connectivity index (χ0v) is 15.3. The van der Waals surface area contributed by atoms with Gasteiger partial charge in [0.25, 0.3) is 0 Å². The number of hydrogen-bond acceptors (Lipinski definition) is 4. The lowest BCUT2D eigenvalue weighted by Crippen LogP contribution is -2.42. The van der Waals surface area contributed by atoms with Crippen LogP contribution >= 0.6 is 0 Å². The van der Waals surface area contributed by atoms with Crippen molar-refractivity contribution in [3.05, 3.63) is 29.3 Å². The van der Waals surface area contributed by atoms with E-state index < -0.39 is 11.4 Å². The van der Waals surface area contributed by atoms with Gasteiger partial charge in [-0.15, -0.1) is 0 Å². The van der Waals surface area contributed by atoms with E-state index in [0.29, 0.717) is 26.0 Å². The van der Waals surface area contributed by atoms with E-state index in [9.17, 15) is 14.7 Å². The van der Waals surface area contributed by atoms with Crippen LogP contribution in [0.3, 0.4) is 0 Å². The highest BCUT2D eigenvalue weighted by molar-refractivity contribution is 5.85. The Morgan fingerprint density at radius 1 is 1.35 bits per heavy atom. The van der Waals surface area contributed by atoms with Gasteiger partial charge in [-0.25, -0.2) is 0 Å². The lowest BCUT2D eigenvalue weighted by atomic mass is 9.66. The van der Waals surface area contributed by atoms with Crippen LogP contribution in [0.1, 0.15) is 49.7 Å². The molecule has 1 saturated heterocycles. The fraction of sp³-hybridized carbons (Fsp3) is 0.600. The third-order valence-electron chi connectivity index (χ3n) is 5.41. The molecule has 6 nitrogen and oxygen atoms in total. The summed E-state index contributed by atoms with van der Waals surface area (Å²) in [6.45, 7) is 3.62. The molecule has 1 atom stereocenters. The van der Waals surface area contributed by atoms with Crippen molar-refractivity contribution in [2.24, 2.45) is 5.41 Å². The molecule has 6 heteroatoms. The van der Waals surface area contributed by atoms with E-state index in [2.05, 4.69) is 5.32 Å². The first-order valence-electron chi connectivity index (χ1n) is 9.32. The van der Waals surface area contributed by atoms with E-state index in [1.54, 1.807) is 0 Å². The number of benzene rings is 1. The van der Waals surface area contributed by atoms with Crippen molar-refractivity contribution >= 4 is 11.9 Å². The fourth-order valence-corrected chi connectivity index (χ4v) is 3.53. The molecule has 2 fully saturated rings. The van der Waals surface area contributed by atoms with Crippen LogP contribution in [0, 0.1) is 12.3 Å². The van der Waals surface area contributed by atoms with Crippen LogP contribution in [-0.4, -0.2) is 36.3 Å². The van der Waals surface area contributed by atoms with Crippen molar-refractivity contribution in [3.8, 4) is 5.75 Å². The molecule has 2 aliphatic rings. The number of aryl methyl sites for hydroxylation is 1. The Morgan fingerprint density at radius 3 is 2.77 bits per heavy atom. The van der Waals surface area contributed by atoms with E-state index in [1.165, 1.54) is 0 Å². The molecular weight excluding hydrogens is 334 g/mol. The standard InChI is InChI=1S/C20H27NO5/c1-14-5-6-15(17(10-14)26-13-16-4-2-9-25-16)12-21-18(22)11-20(19(23)24)7-3-8-20/h5-6,10,16H,2-4,7-9,11-13H2,1H3,(H,21,22)(H,23,24). The van der Waals surface area contributed by atoms with Crippen LogP contribution in [0.5, 0.6) is 5.75 Å². The van der Waals surface area contributed by atoms with Crippen LogP contribution in [0.15, 0.2) is 18.2 Å². The summed E-state index contributed by atoms with van der Waals surface area (Å²) >= 11 is 0. The molecular formula is C20H27NO5. The molecule has 1 unspecified atom stereocenters. The second-order valence-electron chi connectivity index (χ2n) is 7.45. The van der Waals surface area contributed by atoms with Crippen LogP contribution < -0.4 is 10.1 Å². The van der Waals surface area contributed by atoms with Gasteiger partial charge in [0.2, 0.25) is 5.91 Å². The summed E-state index contributed by atoms with van der Waals surface area (Å²) in [4.78, 5) is 23.6. The van der Waals surface area contributed by atoms with E-state index in [1.807, 2.05) is 25.1 Å². The van der Waals surface area contributed by atoms with Gasteiger partial charge in [-0.05, 0) is 44.2 Å². The number of aliphatic carboxylic acids is 1. The second kappa shape index (κ2) is 8.08. The first kappa shape index (κ1) is 18.7. The molecule has 1 aliphatic heterocycles. The zero-order chi connectivity index (χ0) is 18.6. The minimum absolute atomic E-state index is 0.0420. The van der Waals surface area contributed by atoms with Gasteiger partial charge in [0.15, 0.2) is 0 Å². The summed E-state index contributed by atoms with van der Waals surface area (Å²) in [5, 5.41) is 12.2. The predicted octanol–water partition coefficient (Wildman–Crippen LogP) is 2.81. The Morgan fingerprint density at radius 2 is 2.15 bits per heavy atom. The minimum Gasteiger partial charge on any atom is -0.491 e. The highest BCUT2D eigenvalue weighted by atomic mass is 16.5. The van der Waals surface area contributed by atoms with Gasteiger partial charge in [0.1, 0.15) is 12.4 Å². The number of amides is 1. The molecule has 0 radical (unpaired) electrons. The Labute approximate surface area is 153 Å². The summed E-state index contributed by atoms with van der Waals surface area (Å²) < 4.78 is 11.5. The number of nitrogens with one attached hydrogen (secondary N) is 1. The van der Waals surface area contributed by atoms with E-state index >= 15 is 0 Å². The smallest absolute Gasteiger partial charge is 0.310 e. The van der Waals surface area contributed by atoms with Crippen molar-refractivity contribution in [2.75, 3.05) is 13.2 Å². The largest absolute Gasteiger partial charge is 0.491 e. The number of carbonyl (C=O) groups excluding carboxylic acids is 1. The Bertz CT molecular complexity index is 662. The van der Waals surface area contributed by atoms with Gasteiger partial charge in [0, 0.05) is 25.1 Å². The molecule has 1 amide bonds. The lowest BCUT2D eigenvalue weighted by molar-refractivity contribution is -0.157. The normalized spacial score (nSPS) is 21.0. The maximum absolute atomic E-state index is 12.2. The molecule has 1 saturated carbocycles. The molecule has 1 aromatic rings. The number of hydrogen-bond donors (Lipinski definition) is 2. The van der Waals surface area contributed by atoms with E-state index in [0.717, 1.165) is 42.7 Å². The van der Waals surface area contributed by atoms with Gasteiger partial charge in [-0.3, -0.25) is 9.59 Å². The molecule has 26 heavy (non-hydrogen) atoms. The van der Waals surface area contributed by atoms with Gasteiger partial charge >= 0.3 is 5.97 Å². The van der Waals surface area contributed by atoms with Gasteiger partial charge in [0.05, 0.1) is 11.5 Å². The fourth-order valence-electron chi connectivity index (χ4n) is 3.53.